The highest BCUT2D eigenvalue weighted by atomic mass is 79.9. The maximum absolute atomic E-state index is 9.69. The van der Waals surface area contributed by atoms with Crippen LogP contribution in [0.3, 0.4) is 0 Å². The Morgan fingerprint density at radius 3 is 2.92 bits per heavy atom. The van der Waals surface area contributed by atoms with Gasteiger partial charge in [0.15, 0.2) is 0 Å². The van der Waals surface area contributed by atoms with Gasteiger partial charge in [-0.15, -0.1) is 6.58 Å². The molecular weight excluding hydrogens is 230 g/mol. The maximum atomic E-state index is 9.69. The van der Waals surface area contributed by atoms with Crippen molar-refractivity contribution in [1.29, 1.82) is 0 Å². The van der Waals surface area contributed by atoms with Gasteiger partial charge in [-0.2, -0.15) is 0 Å². The van der Waals surface area contributed by atoms with Crippen molar-refractivity contribution in [3.8, 4) is 0 Å². The van der Waals surface area contributed by atoms with Crippen LogP contribution in [0.2, 0.25) is 0 Å². The van der Waals surface area contributed by atoms with Crippen molar-refractivity contribution in [2.45, 2.75) is 19.4 Å². The SMILES string of the molecule is C=C(C)CC(O)c1cncc(Br)c1. The first-order valence-electron chi connectivity index (χ1n) is 4.02. The highest BCUT2D eigenvalue weighted by Gasteiger charge is 2.07. The molecule has 1 heterocycles. The molecule has 0 aliphatic rings. The molecule has 1 aromatic rings. The molecule has 2 nitrogen and oxygen atoms in total. The van der Waals surface area contributed by atoms with Gasteiger partial charge < -0.3 is 5.11 Å². The Labute approximate surface area is 86.4 Å². The van der Waals surface area contributed by atoms with Crippen LogP contribution in [0.1, 0.15) is 25.0 Å². The lowest BCUT2D eigenvalue weighted by atomic mass is 10.1. The summed E-state index contributed by atoms with van der Waals surface area (Å²) in [5, 5.41) is 9.69. The Balaban J connectivity index is 2.76. The summed E-state index contributed by atoms with van der Waals surface area (Å²) in [5.41, 5.74) is 1.78. The Bertz CT molecular complexity index is 312. The lowest BCUT2D eigenvalue weighted by molar-refractivity contribution is 0.178. The van der Waals surface area contributed by atoms with Crippen LogP contribution in [0.5, 0.6) is 0 Å². The molecule has 1 atom stereocenters. The number of hydrogen-bond donors (Lipinski definition) is 1. The van der Waals surface area contributed by atoms with E-state index in [1.54, 1.807) is 12.4 Å². The zero-order valence-corrected chi connectivity index (χ0v) is 9.08. The predicted molar refractivity (Wildman–Crippen MR) is 56.3 cm³/mol. The lowest BCUT2D eigenvalue weighted by Gasteiger charge is -2.09. The van der Waals surface area contributed by atoms with E-state index in [-0.39, 0.29) is 0 Å². The van der Waals surface area contributed by atoms with Crippen LogP contribution in [0.25, 0.3) is 0 Å². The summed E-state index contributed by atoms with van der Waals surface area (Å²) in [6.45, 7) is 5.65. The molecule has 0 bridgehead atoms. The van der Waals surface area contributed by atoms with E-state index in [9.17, 15) is 5.11 Å². The predicted octanol–water partition coefficient (Wildman–Crippen LogP) is 2.84. The fourth-order valence-electron chi connectivity index (χ4n) is 1.06. The fourth-order valence-corrected chi connectivity index (χ4v) is 1.44. The van der Waals surface area contributed by atoms with Crippen molar-refractivity contribution in [3.05, 3.63) is 40.6 Å². The summed E-state index contributed by atoms with van der Waals surface area (Å²) in [7, 11) is 0. The minimum atomic E-state index is -0.498. The number of halogens is 1. The van der Waals surface area contributed by atoms with E-state index in [0.29, 0.717) is 6.42 Å². The summed E-state index contributed by atoms with van der Waals surface area (Å²) >= 11 is 3.30. The average Bonchev–Trinajstić information content (AvgIpc) is 2.03. The van der Waals surface area contributed by atoms with Gasteiger partial charge in [0.05, 0.1) is 6.10 Å². The van der Waals surface area contributed by atoms with E-state index in [0.717, 1.165) is 15.6 Å². The van der Waals surface area contributed by atoms with Gasteiger partial charge in [0.2, 0.25) is 0 Å². The molecule has 0 amide bonds. The Hall–Kier alpha value is -0.670. The second-order valence-corrected chi connectivity index (χ2v) is 4.03. The van der Waals surface area contributed by atoms with E-state index >= 15 is 0 Å². The molecule has 1 aromatic heterocycles. The minimum Gasteiger partial charge on any atom is -0.388 e. The number of pyridine rings is 1. The summed E-state index contributed by atoms with van der Waals surface area (Å²) in [6.07, 6.45) is 3.44. The zero-order chi connectivity index (χ0) is 9.84. The van der Waals surface area contributed by atoms with E-state index < -0.39 is 6.10 Å². The number of rotatable bonds is 3. The van der Waals surface area contributed by atoms with E-state index in [2.05, 4.69) is 27.5 Å². The average molecular weight is 242 g/mol. The van der Waals surface area contributed by atoms with Crippen molar-refractivity contribution in [3.63, 3.8) is 0 Å². The molecule has 1 unspecified atom stereocenters. The highest BCUT2D eigenvalue weighted by molar-refractivity contribution is 9.10. The van der Waals surface area contributed by atoms with E-state index in [1.807, 2.05) is 13.0 Å². The highest BCUT2D eigenvalue weighted by Crippen LogP contribution is 2.21. The van der Waals surface area contributed by atoms with Crippen molar-refractivity contribution in [1.82, 2.24) is 4.98 Å². The van der Waals surface area contributed by atoms with E-state index in [1.165, 1.54) is 0 Å². The third-order valence-electron chi connectivity index (χ3n) is 1.65. The summed E-state index contributed by atoms with van der Waals surface area (Å²) in [4.78, 5) is 3.98. The molecular formula is C10H12BrNO. The topological polar surface area (TPSA) is 33.1 Å². The second-order valence-electron chi connectivity index (χ2n) is 3.11. The van der Waals surface area contributed by atoms with Crippen LogP contribution in [-0.2, 0) is 0 Å². The lowest BCUT2D eigenvalue weighted by Crippen LogP contribution is -1.98. The van der Waals surface area contributed by atoms with Gasteiger partial charge in [0.1, 0.15) is 0 Å². The van der Waals surface area contributed by atoms with Crippen LogP contribution in [0.15, 0.2) is 35.1 Å². The van der Waals surface area contributed by atoms with Gasteiger partial charge in [0.25, 0.3) is 0 Å². The van der Waals surface area contributed by atoms with Crippen LogP contribution in [-0.4, -0.2) is 10.1 Å². The monoisotopic (exact) mass is 241 g/mol. The molecule has 1 rings (SSSR count). The van der Waals surface area contributed by atoms with Crippen LogP contribution < -0.4 is 0 Å². The molecule has 1 N–H and O–H groups in total. The second kappa shape index (κ2) is 4.53. The number of aliphatic hydroxyl groups is 1. The summed E-state index contributed by atoms with van der Waals surface area (Å²) in [6, 6.07) is 1.86. The first-order valence-corrected chi connectivity index (χ1v) is 4.82. The fraction of sp³-hybridized carbons (Fsp3) is 0.300. The number of nitrogens with zero attached hydrogens (tertiary/aromatic N) is 1. The van der Waals surface area contributed by atoms with Crippen LogP contribution >= 0.6 is 15.9 Å². The van der Waals surface area contributed by atoms with Gasteiger partial charge in [-0.05, 0) is 35.3 Å². The quantitative estimate of drug-likeness (QED) is 0.826. The standard InChI is InChI=1S/C10H12BrNO/c1-7(2)3-10(13)8-4-9(11)6-12-5-8/h4-6,10,13H,1,3H2,2H3. The van der Waals surface area contributed by atoms with Crippen molar-refractivity contribution >= 4 is 15.9 Å². The molecule has 0 fully saturated rings. The Kier molecular flexibility index (Phi) is 3.63. The largest absolute Gasteiger partial charge is 0.388 e. The van der Waals surface area contributed by atoms with Gasteiger partial charge in [0, 0.05) is 22.4 Å². The summed E-state index contributed by atoms with van der Waals surface area (Å²) in [5.74, 6) is 0. The molecule has 0 spiro atoms. The molecule has 13 heavy (non-hydrogen) atoms. The van der Waals surface area contributed by atoms with Crippen LogP contribution in [0, 0.1) is 0 Å². The van der Waals surface area contributed by atoms with Crippen molar-refractivity contribution in [2.24, 2.45) is 0 Å². The molecule has 0 saturated carbocycles. The maximum Gasteiger partial charge on any atom is 0.0842 e. The Morgan fingerprint density at radius 1 is 1.69 bits per heavy atom. The molecule has 0 radical (unpaired) electrons. The zero-order valence-electron chi connectivity index (χ0n) is 7.50. The van der Waals surface area contributed by atoms with Gasteiger partial charge in [-0.25, -0.2) is 0 Å². The number of aromatic nitrogens is 1. The molecule has 0 aliphatic carbocycles. The van der Waals surface area contributed by atoms with Crippen LogP contribution in [0.4, 0.5) is 0 Å². The first kappa shape index (κ1) is 10.4. The summed E-state index contributed by atoms with van der Waals surface area (Å²) < 4.78 is 0.880. The van der Waals surface area contributed by atoms with Gasteiger partial charge in [-0.1, -0.05) is 5.57 Å². The smallest absolute Gasteiger partial charge is 0.0842 e. The Morgan fingerprint density at radius 2 is 2.38 bits per heavy atom. The molecule has 3 heteroatoms. The van der Waals surface area contributed by atoms with Gasteiger partial charge >= 0.3 is 0 Å². The first-order chi connectivity index (χ1) is 6.09. The third kappa shape index (κ3) is 3.28. The normalized spacial score (nSPS) is 12.5. The molecule has 70 valence electrons. The van der Waals surface area contributed by atoms with E-state index in [4.69, 9.17) is 0 Å². The van der Waals surface area contributed by atoms with Gasteiger partial charge in [-0.3, -0.25) is 4.98 Å². The van der Waals surface area contributed by atoms with Crippen molar-refractivity contribution in [2.75, 3.05) is 0 Å². The number of aliphatic hydroxyl groups excluding tert-OH is 1. The third-order valence-corrected chi connectivity index (χ3v) is 2.09. The van der Waals surface area contributed by atoms with Crippen molar-refractivity contribution < 1.29 is 5.11 Å². The number of hydrogen-bond acceptors (Lipinski definition) is 2. The minimum absolute atomic E-state index is 0.498. The molecule has 0 saturated heterocycles. The molecule has 0 aliphatic heterocycles. The molecule has 0 aromatic carbocycles.